The summed E-state index contributed by atoms with van der Waals surface area (Å²) >= 11 is 0. The molecule has 0 unspecified atom stereocenters. The molecule has 0 aliphatic rings. The van der Waals surface area contributed by atoms with E-state index in [0.717, 1.165) is 5.39 Å². The highest BCUT2D eigenvalue weighted by molar-refractivity contribution is 6.25. The number of nitrogens with zero attached hydrogens (tertiary/aromatic N) is 3. The maximum atomic E-state index is 9.94. The van der Waals surface area contributed by atoms with Crippen LogP contribution in [0.5, 0.6) is 0 Å². The van der Waals surface area contributed by atoms with Crippen molar-refractivity contribution in [3.63, 3.8) is 0 Å². The fourth-order valence-electron chi connectivity index (χ4n) is 6.93. The van der Waals surface area contributed by atoms with Crippen LogP contribution in [0.4, 0.5) is 0 Å². The van der Waals surface area contributed by atoms with Crippen molar-refractivity contribution in [3.05, 3.63) is 151 Å². The smallest absolute Gasteiger partial charge is 0.135 e. The van der Waals surface area contributed by atoms with E-state index in [1.54, 1.807) is 53.1 Å². The molecule has 0 saturated carbocycles. The average molecular weight is 601 g/mol. The van der Waals surface area contributed by atoms with Gasteiger partial charge in [0.15, 0.2) is 0 Å². The van der Waals surface area contributed by atoms with Gasteiger partial charge in [-0.25, -0.2) is 0 Å². The number of rotatable bonds is 3. The van der Waals surface area contributed by atoms with Crippen LogP contribution in [0, 0.1) is 0 Å². The predicted octanol–water partition coefficient (Wildman–Crippen LogP) is 11.2. The van der Waals surface area contributed by atoms with E-state index in [1.807, 2.05) is 24.3 Å². The standard InChI is InChI=1S/C42H25N3O/c1-2-10-26(11-3-1)43-35-15-8-17-37-41(35)42-36(43)16-9-18-38(42)45(37)27-20-22-34-31(24-27)29-12-4-6-14-33(29)44(34)28-21-23-40-32(25-28)30-13-5-7-19-39(30)46-40/h1-25H/i4D,6D,8D,9D,12D,14D,15D,16D,17D,18D,20D,22D,24D. The second-order valence-electron chi connectivity index (χ2n) is 11.2. The zero-order valence-electron chi connectivity index (χ0n) is 36.7. The molecule has 4 heterocycles. The van der Waals surface area contributed by atoms with Gasteiger partial charge in [-0.2, -0.15) is 0 Å². The Balaban J connectivity index is 1.36. The van der Waals surface area contributed by atoms with Gasteiger partial charge < -0.3 is 18.1 Å². The SMILES string of the molecule is [2H]c1c([2H])c([2H])c2c(c1[2H])c1c([2H])c(-n3c4c([2H])c([2H])c([2H])c5c4c4c(c([2H])c([2H])c([2H])c43)n5-c3ccccc3)c([2H])c([2H])c1n2-c1ccc2oc3ccccc3c2c1. The first kappa shape index (κ1) is 15.2. The monoisotopic (exact) mass is 600 g/mol. The van der Waals surface area contributed by atoms with Crippen LogP contribution >= 0.6 is 0 Å². The maximum Gasteiger partial charge on any atom is 0.135 e. The zero-order chi connectivity index (χ0) is 41.2. The predicted molar refractivity (Wildman–Crippen MR) is 190 cm³/mol. The van der Waals surface area contributed by atoms with Crippen molar-refractivity contribution in [2.75, 3.05) is 0 Å². The molecule has 4 nitrogen and oxygen atoms in total. The van der Waals surface area contributed by atoms with Crippen molar-refractivity contribution in [3.8, 4) is 17.1 Å². The molecule has 11 rings (SSSR count). The van der Waals surface area contributed by atoms with Crippen molar-refractivity contribution in [1.29, 1.82) is 0 Å². The molecule has 0 fully saturated rings. The lowest BCUT2D eigenvalue weighted by Crippen LogP contribution is -1.98. The molecule has 7 aromatic carbocycles. The highest BCUT2D eigenvalue weighted by Gasteiger charge is 2.23. The van der Waals surface area contributed by atoms with Crippen LogP contribution in [-0.2, 0) is 0 Å². The third kappa shape index (κ3) is 3.03. The maximum absolute atomic E-state index is 9.94. The fourth-order valence-corrected chi connectivity index (χ4v) is 6.93. The minimum atomic E-state index is -0.577. The van der Waals surface area contributed by atoms with Crippen LogP contribution in [0.15, 0.2) is 156 Å². The number of hydrogen-bond acceptors (Lipinski definition) is 1. The number of benzene rings is 7. The van der Waals surface area contributed by atoms with Gasteiger partial charge in [-0.1, -0.05) is 66.6 Å². The molecule has 0 amide bonds. The summed E-state index contributed by atoms with van der Waals surface area (Å²) in [5.74, 6) is 0. The Hall–Kier alpha value is -6.26. The Morgan fingerprint density at radius 3 is 1.80 bits per heavy atom. The van der Waals surface area contributed by atoms with Gasteiger partial charge in [0.1, 0.15) is 11.2 Å². The summed E-state index contributed by atoms with van der Waals surface area (Å²) in [5.41, 5.74) is 1.76. The van der Waals surface area contributed by atoms with Crippen LogP contribution in [0.3, 0.4) is 0 Å². The molecule has 0 atom stereocenters. The quantitative estimate of drug-likeness (QED) is 0.198. The van der Waals surface area contributed by atoms with E-state index < -0.39 is 66.5 Å². The highest BCUT2D eigenvalue weighted by Crippen LogP contribution is 2.43. The van der Waals surface area contributed by atoms with Crippen molar-refractivity contribution >= 4 is 76.6 Å². The van der Waals surface area contributed by atoms with Crippen LogP contribution in [0.1, 0.15) is 17.8 Å². The van der Waals surface area contributed by atoms with E-state index in [9.17, 15) is 6.85 Å². The van der Waals surface area contributed by atoms with E-state index in [4.69, 9.17) is 15.4 Å². The van der Waals surface area contributed by atoms with Gasteiger partial charge in [-0.05, 0) is 84.7 Å². The minimum absolute atomic E-state index is 0.0370. The number of hydrogen-bond donors (Lipinski definition) is 0. The first-order valence-corrected chi connectivity index (χ1v) is 14.6. The Kier molecular flexibility index (Phi) is 2.86. The number of fused-ring (bicyclic) bond motifs is 6. The van der Waals surface area contributed by atoms with E-state index in [2.05, 4.69) is 0 Å². The third-order valence-electron chi connectivity index (χ3n) is 8.82. The Bertz CT molecular complexity index is 3630. The van der Waals surface area contributed by atoms with Crippen LogP contribution in [-0.4, -0.2) is 13.7 Å². The summed E-state index contributed by atoms with van der Waals surface area (Å²) in [7, 11) is 0. The van der Waals surface area contributed by atoms with Gasteiger partial charge in [0.2, 0.25) is 0 Å². The highest BCUT2D eigenvalue weighted by atomic mass is 16.3. The topological polar surface area (TPSA) is 27.9 Å². The fraction of sp³-hybridized carbons (Fsp3) is 0. The first-order chi connectivity index (χ1) is 28.3. The number of para-hydroxylation sites is 3. The Labute approximate surface area is 281 Å². The normalized spacial score (nSPS) is 16.3. The van der Waals surface area contributed by atoms with E-state index in [0.29, 0.717) is 27.9 Å². The van der Waals surface area contributed by atoms with Crippen molar-refractivity contribution in [2.45, 2.75) is 0 Å². The van der Waals surface area contributed by atoms with Crippen molar-refractivity contribution < 1.29 is 22.2 Å². The zero-order valence-corrected chi connectivity index (χ0v) is 23.7. The number of aromatic nitrogens is 3. The van der Waals surface area contributed by atoms with E-state index >= 15 is 0 Å². The Morgan fingerprint density at radius 1 is 0.413 bits per heavy atom. The van der Waals surface area contributed by atoms with Crippen LogP contribution in [0.25, 0.3) is 93.6 Å². The first-order valence-electron chi connectivity index (χ1n) is 21.1. The molecule has 214 valence electrons. The lowest BCUT2D eigenvalue weighted by atomic mass is 10.1. The van der Waals surface area contributed by atoms with Crippen molar-refractivity contribution in [1.82, 2.24) is 13.7 Å². The largest absolute Gasteiger partial charge is 0.456 e. The van der Waals surface area contributed by atoms with E-state index in [1.165, 1.54) is 9.13 Å². The molecule has 0 saturated heterocycles. The van der Waals surface area contributed by atoms with Gasteiger partial charge in [0, 0.05) is 49.4 Å². The summed E-state index contributed by atoms with van der Waals surface area (Å²) in [6, 6.07) is 15.2. The van der Waals surface area contributed by atoms with Gasteiger partial charge >= 0.3 is 0 Å². The van der Waals surface area contributed by atoms with Gasteiger partial charge in [0.05, 0.1) is 50.9 Å². The molecule has 46 heavy (non-hydrogen) atoms. The molecule has 4 aromatic heterocycles. The molecule has 0 bridgehead atoms. The van der Waals surface area contributed by atoms with Crippen molar-refractivity contribution in [2.24, 2.45) is 0 Å². The molecule has 4 heteroatoms. The number of furan rings is 1. The summed E-state index contributed by atoms with van der Waals surface area (Å²) in [6.07, 6.45) is 0. The van der Waals surface area contributed by atoms with Crippen LogP contribution in [0.2, 0.25) is 0 Å². The second-order valence-corrected chi connectivity index (χ2v) is 11.2. The summed E-state index contributed by atoms with van der Waals surface area (Å²) in [5, 5.41) is 1.71. The van der Waals surface area contributed by atoms with Gasteiger partial charge in [-0.3, -0.25) is 0 Å². The lowest BCUT2D eigenvalue weighted by Gasteiger charge is -2.13. The average Bonchev–Trinajstić information content (AvgIpc) is 3.99. The molecule has 0 aliphatic carbocycles. The molecule has 0 spiro atoms. The third-order valence-corrected chi connectivity index (χ3v) is 8.82. The van der Waals surface area contributed by atoms with Gasteiger partial charge in [0.25, 0.3) is 0 Å². The summed E-state index contributed by atoms with van der Waals surface area (Å²) in [4.78, 5) is 0. The second kappa shape index (κ2) is 8.68. The summed E-state index contributed by atoms with van der Waals surface area (Å²) in [6.45, 7) is 0. The van der Waals surface area contributed by atoms with Gasteiger partial charge in [-0.15, -0.1) is 0 Å². The Morgan fingerprint density at radius 2 is 1.02 bits per heavy atom. The lowest BCUT2D eigenvalue weighted by molar-refractivity contribution is 0.669. The van der Waals surface area contributed by atoms with E-state index in [-0.39, 0.29) is 72.4 Å². The minimum Gasteiger partial charge on any atom is -0.456 e. The molecule has 0 radical (unpaired) electrons. The molecule has 0 aliphatic heterocycles. The molecule has 0 N–H and O–H groups in total. The molecular weight excluding hydrogens is 562 g/mol. The van der Waals surface area contributed by atoms with Crippen LogP contribution < -0.4 is 0 Å². The summed E-state index contributed by atoms with van der Waals surface area (Å²) < 4.78 is 130. The molecular formula is C42H25N3O. The molecule has 11 aromatic rings.